The van der Waals surface area contributed by atoms with Crippen molar-refractivity contribution in [2.45, 2.75) is 38.6 Å². The normalized spacial score (nSPS) is 18.6. The third kappa shape index (κ3) is 3.13. The molecule has 1 heterocycles. The summed E-state index contributed by atoms with van der Waals surface area (Å²) >= 11 is 0. The first-order valence-corrected chi connectivity index (χ1v) is 6.72. The zero-order valence-electron chi connectivity index (χ0n) is 11.1. The molecule has 1 aliphatic heterocycles. The van der Waals surface area contributed by atoms with Gasteiger partial charge in [-0.1, -0.05) is 31.2 Å². The number of carbonyl (C=O) groups is 2. The number of aryl methyl sites for hydroxylation is 1. The lowest BCUT2D eigenvalue weighted by Crippen LogP contribution is -2.41. The van der Waals surface area contributed by atoms with Crippen molar-refractivity contribution in [2.75, 3.05) is 6.54 Å². The Morgan fingerprint density at radius 3 is 2.79 bits per heavy atom. The molecule has 1 atom stereocenters. The molecule has 1 aromatic carbocycles. The van der Waals surface area contributed by atoms with Crippen LogP contribution in [0, 0.1) is 0 Å². The first kappa shape index (κ1) is 13.6. The average Bonchev–Trinajstić information content (AvgIpc) is 2.88. The Kier molecular flexibility index (Phi) is 4.20. The Hall–Kier alpha value is -1.84. The smallest absolute Gasteiger partial charge is 0.326 e. The summed E-state index contributed by atoms with van der Waals surface area (Å²) in [6.45, 7) is 2.63. The fourth-order valence-electron chi connectivity index (χ4n) is 2.56. The van der Waals surface area contributed by atoms with Crippen LogP contribution >= 0.6 is 0 Å². The van der Waals surface area contributed by atoms with Gasteiger partial charge in [-0.2, -0.15) is 0 Å². The summed E-state index contributed by atoms with van der Waals surface area (Å²) < 4.78 is 0. The second-order valence-corrected chi connectivity index (χ2v) is 4.93. The number of benzene rings is 1. The second-order valence-electron chi connectivity index (χ2n) is 4.93. The Labute approximate surface area is 113 Å². The Morgan fingerprint density at radius 2 is 2.11 bits per heavy atom. The van der Waals surface area contributed by atoms with Crippen molar-refractivity contribution in [1.82, 2.24) is 4.90 Å². The molecule has 0 saturated carbocycles. The van der Waals surface area contributed by atoms with E-state index in [0.29, 0.717) is 13.0 Å². The van der Waals surface area contributed by atoms with Gasteiger partial charge in [-0.05, 0) is 30.4 Å². The maximum atomic E-state index is 12.2. The number of hydrogen-bond acceptors (Lipinski definition) is 2. The van der Waals surface area contributed by atoms with Gasteiger partial charge >= 0.3 is 5.97 Å². The minimum absolute atomic E-state index is 0.0850. The molecule has 0 aliphatic carbocycles. The number of amides is 1. The van der Waals surface area contributed by atoms with Crippen molar-refractivity contribution in [1.29, 1.82) is 0 Å². The largest absolute Gasteiger partial charge is 0.480 e. The number of aliphatic carboxylic acids is 1. The van der Waals surface area contributed by atoms with Gasteiger partial charge in [-0.15, -0.1) is 0 Å². The Bertz CT molecular complexity index is 484. The summed E-state index contributed by atoms with van der Waals surface area (Å²) in [5.74, 6) is -0.980. The molecule has 1 aliphatic rings. The van der Waals surface area contributed by atoms with Crippen LogP contribution in [0.4, 0.5) is 0 Å². The first-order valence-electron chi connectivity index (χ1n) is 6.72. The number of nitrogens with zero attached hydrogens (tertiary/aromatic N) is 1. The van der Waals surface area contributed by atoms with Crippen LogP contribution in [0.15, 0.2) is 24.3 Å². The topological polar surface area (TPSA) is 57.6 Å². The number of carboxylic acids is 1. The molecule has 1 saturated heterocycles. The molecule has 4 nitrogen and oxygen atoms in total. The zero-order valence-corrected chi connectivity index (χ0v) is 11.1. The van der Waals surface area contributed by atoms with Gasteiger partial charge in [-0.25, -0.2) is 4.79 Å². The van der Waals surface area contributed by atoms with Gasteiger partial charge in [0, 0.05) is 6.54 Å². The molecule has 0 bridgehead atoms. The SMILES string of the molecule is CCc1cccc(CC(=O)N2CCC[C@@H]2C(=O)O)c1. The van der Waals surface area contributed by atoms with Crippen LogP contribution in [0.5, 0.6) is 0 Å². The van der Waals surface area contributed by atoms with Crippen molar-refractivity contribution < 1.29 is 14.7 Å². The summed E-state index contributed by atoms with van der Waals surface area (Å²) in [5.41, 5.74) is 2.15. The minimum atomic E-state index is -0.895. The number of rotatable bonds is 4. The van der Waals surface area contributed by atoms with E-state index in [1.165, 1.54) is 10.5 Å². The van der Waals surface area contributed by atoms with Gasteiger partial charge in [0.1, 0.15) is 6.04 Å². The third-order valence-corrected chi connectivity index (χ3v) is 3.61. The highest BCUT2D eigenvalue weighted by molar-refractivity contribution is 5.85. The molecule has 2 rings (SSSR count). The molecule has 0 radical (unpaired) electrons. The van der Waals surface area contributed by atoms with Gasteiger partial charge in [0.05, 0.1) is 6.42 Å². The minimum Gasteiger partial charge on any atom is -0.480 e. The molecule has 0 unspecified atom stereocenters. The van der Waals surface area contributed by atoms with Crippen LogP contribution < -0.4 is 0 Å². The van der Waals surface area contributed by atoms with Crippen molar-refractivity contribution >= 4 is 11.9 Å². The summed E-state index contributed by atoms with van der Waals surface area (Å²) in [4.78, 5) is 24.8. The van der Waals surface area contributed by atoms with Gasteiger partial charge in [0.25, 0.3) is 0 Å². The van der Waals surface area contributed by atoms with Crippen molar-refractivity contribution in [3.63, 3.8) is 0 Å². The molecular weight excluding hydrogens is 242 g/mol. The lowest BCUT2D eigenvalue weighted by atomic mass is 10.1. The second kappa shape index (κ2) is 5.87. The third-order valence-electron chi connectivity index (χ3n) is 3.61. The van der Waals surface area contributed by atoms with Crippen LogP contribution in [-0.2, 0) is 22.4 Å². The summed E-state index contributed by atoms with van der Waals surface area (Å²) in [7, 11) is 0. The van der Waals surface area contributed by atoms with E-state index in [-0.39, 0.29) is 12.3 Å². The van der Waals surface area contributed by atoms with Crippen LogP contribution in [0.2, 0.25) is 0 Å². The molecule has 0 aromatic heterocycles. The van der Waals surface area contributed by atoms with Gasteiger partial charge in [0.15, 0.2) is 0 Å². The molecular formula is C15H19NO3. The van der Waals surface area contributed by atoms with E-state index in [4.69, 9.17) is 5.11 Å². The number of carbonyl (C=O) groups excluding carboxylic acids is 1. The van der Waals surface area contributed by atoms with E-state index in [1.54, 1.807) is 0 Å². The quantitative estimate of drug-likeness (QED) is 0.900. The highest BCUT2D eigenvalue weighted by atomic mass is 16.4. The van der Waals surface area contributed by atoms with Gasteiger partial charge in [-0.3, -0.25) is 4.79 Å². The first-order chi connectivity index (χ1) is 9.11. The maximum absolute atomic E-state index is 12.2. The molecule has 1 amide bonds. The fraction of sp³-hybridized carbons (Fsp3) is 0.467. The van der Waals surface area contributed by atoms with E-state index >= 15 is 0 Å². The molecule has 1 aromatic rings. The Balaban J connectivity index is 2.06. The summed E-state index contributed by atoms with van der Waals surface area (Å²) in [6.07, 6.45) is 2.56. The van der Waals surface area contributed by atoms with Crippen molar-refractivity contribution in [3.05, 3.63) is 35.4 Å². The van der Waals surface area contributed by atoms with E-state index in [1.807, 2.05) is 24.3 Å². The number of likely N-dealkylation sites (tertiary alicyclic amines) is 1. The fourth-order valence-corrected chi connectivity index (χ4v) is 2.56. The molecule has 0 spiro atoms. The summed E-state index contributed by atoms with van der Waals surface area (Å²) in [6, 6.07) is 7.28. The number of hydrogen-bond donors (Lipinski definition) is 1. The number of carboxylic acid groups (broad SMARTS) is 1. The van der Waals surface area contributed by atoms with E-state index in [9.17, 15) is 9.59 Å². The monoisotopic (exact) mass is 261 g/mol. The van der Waals surface area contributed by atoms with Crippen LogP contribution in [0.1, 0.15) is 30.9 Å². The van der Waals surface area contributed by atoms with Crippen LogP contribution in [-0.4, -0.2) is 34.5 Å². The lowest BCUT2D eigenvalue weighted by molar-refractivity contribution is -0.148. The van der Waals surface area contributed by atoms with E-state index in [2.05, 4.69) is 6.92 Å². The average molecular weight is 261 g/mol. The predicted molar refractivity (Wildman–Crippen MR) is 71.9 cm³/mol. The van der Waals surface area contributed by atoms with E-state index in [0.717, 1.165) is 18.4 Å². The Morgan fingerprint density at radius 1 is 1.37 bits per heavy atom. The van der Waals surface area contributed by atoms with Gasteiger partial charge < -0.3 is 10.0 Å². The maximum Gasteiger partial charge on any atom is 0.326 e. The van der Waals surface area contributed by atoms with Crippen LogP contribution in [0.25, 0.3) is 0 Å². The molecule has 4 heteroatoms. The molecule has 102 valence electrons. The van der Waals surface area contributed by atoms with Crippen molar-refractivity contribution in [3.8, 4) is 0 Å². The van der Waals surface area contributed by atoms with Gasteiger partial charge in [0.2, 0.25) is 5.91 Å². The predicted octanol–water partition coefficient (Wildman–Crippen LogP) is 1.87. The molecule has 1 N–H and O–H groups in total. The standard InChI is InChI=1S/C15H19NO3/c1-2-11-5-3-6-12(9-11)10-14(17)16-8-4-7-13(16)15(18)19/h3,5-6,9,13H,2,4,7-8,10H2,1H3,(H,18,19)/t13-/m1/s1. The highest BCUT2D eigenvalue weighted by Crippen LogP contribution is 2.19. The van der Waals surface area contributed by atoms with Crippen molar-refractivity contribution in [2.24, 2.45) is 0 Å². The zero-order chi connectivity index (χ0) is 13.8. The molecule has 19 heavy (non-hydrogen) atoms. The highest BCUT2D eigenvalue weighted by Gasteiger charge is 2.33. The molecule has 1 fully saturated rings. The van der Waals surface area contributed by atoms with E-state index < -0.39 is 12.0 Å². The van der Waals surface area contributed by atoms with Crippen LogP contribution in [0.3, 0.4) is 0 Å². The lowest BCUT2D eigenvalue weighted by Gasteiger charge is -2.21. The summed E-state index contributed by atoms with van der Waals surface area (Å²) in [5, 5.41) is 9.09.